The van der Waals surface area contributed by atoms with Crippen molar-refractivity contribution in [1.29, 1.82) is 0 Å². The maximum Gasteiger partial charge on any atom is 0.490 e. The fraction of sp³-hybridized carbons (Fsp3) is 0.296. The zero-order chi connectivity index (χ0) is 26.4. The van der Waals surface area contributed by atoms with E-state index in [1.807, 2.05) is 30.5 Å². The van der Waals surface area contributed by atoms with Crippen molar-refractivity contribution in [3.8, 4) is 11.3 Å². The molecular formula is C27H27F3N4O3. The van der Waals surface area contributed by atoms with Gasteiger partial charge < -0.3 is 20.3 Å². The Morgan fingerprint density at radius 1 is 1.03 bits per heavy atom. The van der Waals surface area contributed by atoms with Crippen LogP contribution in [0.2, 0.25) is 0 Å². The molecule has 7 nitrogen and oxygen atoms in total. The van der Waals surface area contributed by atoms with Crippen LogP contribution in [0, 0.1) is 0 Å². The first-order chi connectivity index (χ1) is 17.7. The number of rotatable bonds is 4. The smallest absolute Gasteiger partial charge is 0.475 e. The lowest BCUT2D eigenvalue weighted by molar-refractivity contribution is -0.192. The van der Waals surface area contributed by atoms with Crippen molar-refractivity contribution in [1.82, 2.24) is 15.3 Å². The summed E-state index contributed by atoms with van der Waals surface area (Å²) in [4.78, 5) is 31.3. The standard InChI is InChI=1S/C25H26N4O.C2HF3O2/c30-25-22-17-24(28-23(22)11-13-27-25)19-10-12-26-20(16-19)7-4-18-5-8-21(9-6-18)29-14-2-1-3-15-29;3-2(4,5)1(6)7/h4-10,12,16-17,28H,1-3,11,13-15H2,(H,27,30);(H,6,7)/b7-4+;. The molecule has 3 aromatic rings. The molecule has 1 amide bonds. The number of fused-ring (bicyclic) bond motifs is 1. The van der Waals surface area contributed by atoms with Crippen LogP contribution in [0.25, 0.3) is 23.4 Å². The number of carbonyl (C=O) groups excluding carboxylic acids is 1. The Morgan fingerprint density at radius 2 is 1.73 bits per heavy atom. The number of carboxylic acid groups (broad SMARTS) is 1. The van der Waals surface area contributed by atoms with Crippen LogP contribution in [0.3, 0.4) is 0 Å². The number of H-pyrrole nitrogens is 1. The van der Waals surface area contributed by atoms with Gasteiger partial charge in [-0.15, -0.1) is 0 Å². The zero-order valence-electron chi connectivity index (χ0n) is 20.0. The van der Waals surface area contributed by atoms with E-state index in [0.29, 0.717) is 6.54 Å². The van der Waals surface area contributed by atoms with Gasteiger partial charge in [-0.05, 0) is 61.2 Å². The second-order valence-electron chi connectivity index (χ2n) is 8.83. The maximum absolute atomic E-state index is 12.0. The normalized spacial score (nSPS) is 15.5. The molecule has 2 aliphatic heterocycles. The van der Waals surface area contributed by atoms with Gasteiger partial charge in [0.1, 0.15) is 0 Å². The number of aromatic amines is 1. The van der Waals surface area contributed by atoms with Crippen LogP contribution in [-0.4, -0.2) is 52.8 Å². The van der Waals surface area contributed by atoms with Gasteiger partial charge in [0, 0.05) is 54.9 Å². The monoisotopic (exact) mass is 512 g/mol. The summed E-state index contributed by atoms with van der Waals surface area (Å²) in [7, 11) is 0. The molecule has 5 rings (SSSR count). The van der Waals surface area contributed by atoms with Gasteiger partial charge in [0.25, 0.3) is 5.91 Å². The lowest BCUT2D eigenvalue weighted by Crippen LogP contribution is -2.31. The van der Waals surface area contributed by atoms with Gasteiger partial charge in [-0.25, -0.2) is 4.79 Å². The third-order valence-electron chi connectivity index (χ3n) is 6.20. The van der Waals surface area contributed by atoms with E-state index in [4.69, 9.17) is 9.90 Å². The SMILES string of the molecule is O=C(O)C(F)(F)F.O=C1NCCc2[nH]c(-c3ccnc(/C=C/c4ccc(N5CCCCC5)cc4)c3)cc21. The molecule has 0 spiro atoms. The third kappa shape index (κ3) is 6.78. The quantitative estimate of drug-likeness (QED) is 0.449. The molecule has 1 fully saturated rings. The lowest BCUT2D eigenvalue weighted by Gasteiger charge is -2.28. The van der Waals surface area contributed by atoms with E-state index in [2.05, 4.69) is 50.5 Å². The largest absolute Gasteiger partial charge is 0.490 e. The second-order valence-corrected chi connectivity index (χ2v) is 8.83. The summed E-state index contributed by atoms with van der Waals surface area (Å²) in [5, 5.41) is 10.0. The molecule has 0 bridgehead atoms. The van der Waals surface area contributed by atoms with Crippen molar-refractivity contribution in [2.45, 2.75) is 31.9 Å². The minimum absolute atomic E-state index is 0.000857. The van der Waals surface area contributed by atoms with Crippen LogP contribution in [-0.2, 0) is 11.2 Å². The molecule has 0 atom stereocenters. The summed E-state index contributed by atoms with van der Waals surface area (Å²) in [6.07, 6.45) is 5.63. The van der Waals surface area contributed by atoms with Crippen LogP contribution >= 0.6 is 0 Å². The van der Waals surface area contributed by atoms with Crippen LogP contribution in [0.15, 0.2) is 48.7 Å². The van der Waals surface area contributed by atoms with Gasteiger partial charge >= 0.3 is 12.1 Å². The minimum atomic E-state index is -5.08. The highest BCUT2D eigenvalue weighted by molar-refractivity contribution is 5.97. The number of amides is 1. The zero-order valence-corrected chi connectivity index (χ0v) is 20.0. The van der Waals surface area contributed by atoms with Crippen molar-refractivity contribution in [3.63, 3.8) is 0 Å². The molecular weight excluding hydrogens is 485 g/mol. The van der Waals surface area contributed by atoms with E-state index in [1.165, 1.54) is 24.9 Å². The number of piperidine rings is 1. The van der Waals surface area contributed by atoms with Crippen molar-refractivity contribution >= 4 is 29.7 Å². The molecule has 37 heavy (non-hydrogen) atoms. The maximum atomic E-state index is 12.0. The highest BCUT2D eigenvalue weighted by atomic mass is 19.4. The Balaban J connectivity index is 0.000000405. The predicted octanol–water partition coefficient (Wildman–Crippen LogP) is 5.16. The van der Waals surface area contributed by atoms with Crippen molar-refractivity contribution < 1.29 is 27.9 Å². The fourth-order valence-electron chi connectivity index (χ4n) is 4.29. The predicted molar refractivity (Wildman–Crippen MR) is 135 cm³/mol. The Kier molecular flexibility index (Phi) is 7.95. The van der Waals surface area contributed by atoms with Crippen LogP contribution in [0.5, 0.6) is 0 Å². The van der Waals surface area contributed by atoms with Gasteiger partial charge in [0.05, 0.1) is 11.3 Å². The summed E-state index contributed by atoms with van der Waals surface area (Å²) in [6, 6.07) is 14.7. The number of halogens is 3. The van der Waals surface area contributed by atoms with Gasteiger partial charge in [-0.2, -0.15) is 13.2 Å². The summed E-state index contributed by atoms with van der Waals surface area (Å²) in [6.45, 7) is 3.01. The number of alkyl halides is 3. The van der Waals surface area contributed by atoms with Crippen molar-refractivity contribution in [2.24, 2.45) is 0 Å². The van der Waals surface area contributed by atoms with E-state index in [9.17, 15) is 18.0 Å². The van der Waals surface area contributed by atoms with Crippen LogP contribution in [0.4, 0.5) is 18.9 Å². The van der Waals surface area contributed by atoms with Gasteiger partial charge in [-0.3, -0.25) is 9.78 Å². The number of nitrogens with one attached hydrogen (secondary N) is 2. The highest BCUT2D eigenvalue weighted by Gasteiger charge is 2.38. The van der Waals surface area contributed by atoms with E-state index in [-0.39, 0.29) is 5.91 Å². The number of aromatic nitrogens is 2. The average Bonchev–Trinajstić information content (AvgIpc) is 3.34. The molecule has 10 heteroatoms. The van der Waals surface area contributed by atoms with E-state index < -0.39 is 12.1 Å². The summed E-state index contributed by atoms with van der Waals surface area (Å²) in [5.74, 6) is -2.76. The van der Waals surface area contributed by atoms with E-state index in [1.54, 1.807) is 0 Å². The minimum Gasteiger partial charge on any atom is -0.475 e. The van der Waals surface area contributed by atoms with Gasteiger partial charge in [0.15, 0.2) is 0 Å². The number of anilines is 1. The lowest BCUT2D eigenvalue weighted by atomic mass is 10.1. The molecule has 0 radical (unpaired) electrons. The number of aliphatic carboxylic acids is 1. The topological polar surface area (TPSA) is 98.3 Å². The summed E-state index contributed by atoms with van der Waals surface area (Å²) in [5.41, 5.74) is 7.12. The van der Waals surface area contributed by atoms with E-state index >= 15 is 0 Å². The molecule has 2 aromatic heterocycles. The van der Waals surface area contributed by atoms with Crippen LogP contribution < -0.4 is 10.2 Å². The van der Waals surface area contributed by atoms with Crippen LogP contribution in [0.1, 0.15) is 46.6 Å². The number of benzene rings is 1. The molecule has 1 saturated heterocycles. The number of carboxylic acids is 1. The van der Waals surface area contributed by atoms with Crippen molar-refractivity contribution in [3.05, 3.63) is 71.2 Å². The first kappa shape index (κ1) is 26.0. The number of hydrogen-bond acceptors (Lipinski definition) is 4. The first-order valence-electron chi connectivity index (χ1n) is 12.0. The van der Waals surface area contributed by atoms with Gasteiger partial charge in [0.2, 0.25) is 0 Å². The number of pyridine rings is 1. The third-order valence-corrected chi connectivity index (χ3v) is 6.20. The summed E-state index contributed by atoms with van der Waals surface area (Å²) >= 11 is 0. The second kappa shape index (κ2) is 11.3. The molecule has 0 aliphatic carbocycles. The Hall–Kier alpha value is -4.08. The summed E-state index contributed by atoms with van der Waals surface area (Å²) < 4.78 is 31.7. The average molecular weight is 513 g/mol. The molecule has 1 aromatic carbocycles. The molecule has 194 valence electrons. The molecule has 3 N–H and O–H groups in total. The highest BCUT2D eigenvalue weighted by Crippen LogP contribution is 2.25. The molecule has 4 heterocycles. The fourth-order valence-corrected chi connectivity index (χ4v) is 4.29. The molecule has 2 aliphatic rings. The molecule has 0 unspecified atom stereocenters. The Labute approximate surface area is 212 Å². The Morgan fingerprint density at radius 3 is 2.38 bits per heavy atom. The van der Waals surface area contributed by atoms with Crippen molar-refractivity contribution in [2.75, 3.05) is 24.5 Å². The number of nitrogens with zero attached hydrogens (tertiary/aromatic N) is 2. The number of hydrogen-bond donors (Lipinski definition) is 3. The van der Waals surface area contributed by atoms with E-state index in [0.717, 1.165) is 53.3 Å². The number of carbonyl (C=O) groups is 2. The van der Waals surface area contributed by atoms with Gasteiger partial charge in [-0.1, -0.05) is 18.2 Å². The Bertz CT molecular complexity index is 1280. The first-order valence-corrected chi connectivity index (χ1v) is 12.0. The molecule has 0 saturated carbocycles.